The molecule has 0 fully saturated rings. The van der Waals surface area contributed by atoms with E-state index >= 15 is 0 Å². The fourth-order valence-corrected chi connectivity index (χ4v) is 2.34. The molecule has 0 unspecified atom stereocenters. The Morgan fingerprint density at radius 1 is 1.08 bits per heavy atom. The van der Waals surface area contributed by atoms with Gasteiger partial charge in [0.15, 0.2) is 0 Å². The van der Waals surface area contributed by atoms with E-state index in [2.05, 4.69) is 0 Å². The topological polar surface area (TPSA) is 188 Å². The zero-order valence-electron chi connectivity index (χ0n) is 14.1. The largest absolute Gasteiger partial charge is 1.00 e. The Balaban J connectivity index is -0.000000441. The summed E-state index contributed by atoms with van der Waals surface area (Å²) in [7, 11) is 1.68. The molecule has 0 bridgehead atoms. The van der Waals surface area contributed by atoms with Crippen LogP contribution in [0.1, 0.15) is 27.3 Å². The molecule has 0 saturated carbocycles. The van der Waals surface area contributed by atoms with E-state index in [1.807, 2.05) is 0 Å². The van der Waals surface area contributed by atoms with Gasteiger partial charge in [0.2, 0.25) is 5.78 Å². The number of benzene rings is 1. The molecule has 0 aliphatic rings. The van der Waals surface area contributed by atoms with Gasteiger partial charge in [-0.25, -0.2) is 0 Å². The second kappa shape index (κ2) is 13.0. The fourth-order valence-electron chi connectivity index (χ4n) is 2.21. The molecule has 8 N–H and O–H groups in total. The molecule has 1 aromatic heterocycles. The normalized spacial score (nSPS) is 8.44. The zero-order valence-corrected chi connectivity index (χ0v) is 16.9. The summed E-state index contributed by atoms with van der Waals surface area (Å²) in [5, 5.41) is 11.3. The average Bonchev–Trinajstić information content (AvgIpc) is 2.64. The van der Waals surface area contributed by atoms with Crippen molar-refractivity contribution in [3.63, 3.8) is 0 Å². The first kappa shape index (κ1) is 31.5. The number of carboxylic acid groups (broad SMARTS) is 1. The van der Waals surface area contributed by atoms with E-state index in [1.165, 1.54) is 0 Å². The van der Waals surface area contributed by atoms with Crippen molar-refractivity contribution in [2.45, 2.75) is 13.3 Å². The molecule has 0 atom stereocenters. The third kappa shape index (κ3) is 7.27. The van der Waals surface area contributed by atoms with Gasteiger partial charge in [-0.05, 0) is 42.8 Å². The van der Waals surface area contributed by atoms with E-state index in [-0.39, 0.29) is 63.7 Å². The summed E-state index contributed by atoms with van der Waals surface area (Å²) in [5.41, 5.74) is 2.27. The summed E-state index contributed by atoms with van der Waals surface area (Å²) in [6.07, 6.45) is -0.217. The number of ketones is 1. The van der Waals surface area contributed by atoms with Crippen molar-refractivity contribution in [2.24, 2.45) is 7.05 Å². The van der Waals surface area contributed by atoms with Gasteiger partial charge in [0, 0.05) is 35.7 Å². The minimum absolute atomic E-state index is 0. The molecule has 0 spiro atoms. The molecule has 2 aromatic rings. The third-order valence-electron chi connectivity index (χ3n) is 3.17. The number of carbonyl (C=O) groups is 2. The maximum Gasteiger partial charge on any atom is 1.00 e. The van der Waals surface area contributed by atoms with Gasteiger partial charge in [0.25, 0.3) is 0 Å². The second-order valence-electron chi connectivity index (χ2n) is 4.61. The van der Waals surface area contributed by atoms with Gasteiger partial charge in [-0.1, -0.05) is 11.6 Å². The van der Waals surface area contributed by atoms with E-state index in [1.54, 1.807) is 48.9 Å². The average molecular weight is 386 g/mol. The number of rotatable bonds is 4. The molecule has 25 heavy (non-hydrogen) atoms. The number of halogens is 1. The van der Waals surface area contributed by atoms with Crippen LogP contribution in [0.25, 0.3) is 0 Å². The SMILES string of the molecule is Cc1cc(CC(=O)[O-])n(C)c1C(=O)c1ccc(Cl)cc1.O.O.O.O.[Na+]. The molecular formula is C15H21ClNNaO7. The van der Waals surface area contributed by atoms with Crippen molar-refractivity contribution < 1.29 is 66.2 Å². The van der Waals surface area contributed by atoms with Crippen LogP contribution >= 0.6 is 11.6 Å². The van der Waals surface area contributed by atoms with Crippen LogP contribution in [0.5, 0.6) is 0 Å². The van der Waals surface area contributed by atoms with Gasteiger partial charge in [-0.2, -0.15) is 0 Å². The summed E-state index contributed by atoms with van der Waals surface area (Å²) in [6, 6.07) is 8.29. The van der Waals surface area contributed by atoms with Crippen molar-refractivity contribution in [3.8, 4) is 0 Å². The standard InChI is InChI=1S/C15H14ClNO3.Na.4H2O/c1-9-7-12(8-13(18)19)17(2)14(9)15(20)10-3-5-11(16)6-4-10;;;;;/h3-7H,8H2,1-2H3,(H,18,19);;4*1H2/q;+1;;;;/p-1. The maximum absolute atomic E-state index is 12.5. The molecule has 8 nitrogen and oxygen atoms in total. The van der Waals surface area contributed by atoms with Crippen molar-refractivity contribution >= 4 is 23.4 Å². The second-order valence-corrected chi connectivity index (χ2v) is 5.05. The molecule has 0 aliphatic heterocycles. The van der Waals surface area contributed by atoms with Crippen molar-refractivity contribution in [2.75, 3.05) is 0 Å². The smallest absolute Gasteiger partial charge is 0.550 e. The number of aromatic nitrogens is 1. The van der Waals surface area contributed by atoms with Crippen LogP contribution in [0.2, 0.25) is 5.02 Å². The van der Waals surface area contributed by atoms with Crippen molar-refractivity contribution in [3.05, 3.63) is 57.9 Å². The van der Waals surface area contributed by atoms with E-state index in [0.29, 0.717) is 22.0 Å². The zero-order chi connectivity index (χ0) is 14.9. The van der Waals surface area contributed by atoms with Crippen LogP contribution in [-0.2, 0) is 18.3 Å². The Morgan fingerprint density at radius 3 is 2.00 bits per heavy atom. The Labute approximate surface area is 171 Å². The summed E-state index contributed by atoms with van der Waals surface area (Å²) in [4.78, 5) is 23.2. The summed E-state index contributed by atoms with van der Waals surface area (Å²) in [5.74, 6) is -1.33. The van der Waals surface area contributed by atoms with E-state index in [9.17, 15) is 14.7 Å². The Morgan fingerprint density at radius 2 is 1.56 bits per heavy atom. The minimum Gasteiger partial charge on any atom is -0.550 e. The fraction of sp³-hybridized carbons (Fsp3) is 0.200. The van der Waals surface area contributed by atoms with Gasteiger partial charge in [-0.3, -0.25) is 4.79 Å². The molecule has 2 rings (SSSR count). The molecule has 0 aliphatic carbocycles. The molecule has 1 aromatic carbocycles. The van der Waals surface area contributed by atoms with E-state index in [4.69, 9.17) is 11.6 Å². The number of aliphatic carboxylic acids is 1. The molecule has 0 radical (unpaired) electrons. The summed E-state index contributed by atoms with van der Waals surface area (Å²) < 4.78 is 1.60. The van der Waals surface area contributed by atoms with Gasteiger partial charge < -0.3 is 36.4 Å². The van der Waals surface area contributed by atoms with Gasteiger partial charge in [0.05, 0.1) is 5.69 Å². The predicted octanol–water partition coefficient (Wildman–Crippen LogP) is -4.78. The number of hydrogen-bond acceptors (Lipinski definition) is 3. The summed E-state index contributed by atoms with van der Waals surface area (Å²) in [6.45, 7) is 1.78. The van der Waals surface area contributed by atoms with Crippen LogP contribution in [0.4, 0.5) is 0 Å². The number of carboxylic acids is 1. The van der Waals surface area contributed by atoms with Crippen LogP contribution in [0, 0.1) is 6.92 Å². The molecule has 1 heterocycles. The Hall–Kier alpha value is -1.23. The first-order valence-corrected chi connectivity index (χ1v) is 6.43. The van der Waals surface area contributed by atoms with Crippen LogP contribution in [-0.4, -0.2) is 38.2 Å². The molecule has 0 saturated heterocycles. The van der Waals surface area contributed by atoms with Gasteiger partial charge >= 0.3 is 29.6 Å². The number of hydrogen-bond donors (Lipinski definition) is 0. The molecule has 136 valence electrons. The first-order chi connectivity index (χ1) is 9.40. The van der Waals surface area contributed by atoms with E-state index in [0.717, 1.165) is 5.56 Å². The van der Waals surface area contributed by atoms with Crippen LogP contribution in [0.15, 0.2) is 30.3 Å². The monoisotopic (exact) mass is 385 g/mol. The van der Waals surface area contributed by atoms with E-state index < -0.39 is 5.97 Å². The van der Waals surface area contributed by atoms with Crippen molar-refractivity contribution in [1.29, 1.82) is 0 Å². The number of nitrogens with zero attached hydrogens (tertiary/aromatic N) is 1. The summed E-state index contributed by atoms with van der Waals surface area (Å²) >= 11 is 5.80. The Kier molecular flexibility index (Phi) is 16.4. The van der Waals surface area contributed by atoms with Crippen LogP contribution < -0.4 is 34.7 Å². The molecule has 0 amide bonds. The quantitative estimate of drug-likeness (QED) is 0.377. The maximum atomic E-state index is 12.5. The Bertz CT molecular complexity index is 686. The van der Waals surface area contributed by atoms with Gasteiger partial charge in [-0.15, -0.1) is 0 Å². The minimum atomic E-state index is -1.17. The van der Waals surface area contributed by atoms with Gasteiger partial charge in [0.1, 0.15) is 0 Å². The number of carbonyl (C=O) groups excluding carboxylic acids is 2. The molecule has 10 heteroatoms. The van der Waals surface area contributed by atoms with Crippen LogP contribution in [0.3, 0.4) is 0 Å². The van der Waals surface area contributed by atoms with Crippen molar-refractivity contribution in [1.82, 2.24) is 4.57 Å². The number of aryl methyl sites for hydroxylation is 1. The predicted molar refractivity (Wildman–Crippen MR) is 88.2 cm³/mol. The first-order valence-electron chi connectivity index (χ1n) is 6.05. The third-order valence-corrected chi connectivity index (χ3v) is 3.42. The molecular weight excluding hydrogens is 365 g/mol.